The molecule has 0 N–H and O–H groups in total. The van der Waals surface area contributed by atoms with Crippen molar-refractivity contribution in [1.82, 2.24) is 0 Å². The van der Waals surface area contributed by atoms with Gasteiger partial charge in [0.05, 0.1) is 18.1 Å². The normalized spacial score (nSPS) is 17.6. The molecule has 0 spiro atoms. The number of ether oxygens (including phenoxy) is 2. The highest BCUT2D eigenvalue weighted by molar-refractivity contribution is 5.33. The number of benzene rings is 1. The molecule has 5 heteroatoms. The third-order valence-corrected chi connectivity index (χ3v) is 2.20. The smallest absolute Gasteiger partial charge is 0.269 e. The first-order valence-corrected chi connectivity index (χ1v) is 4.75. The van der Waals surface area contributed by atoms with E-state index in [0.29, 0.717) is 13.2 Å². The number of nitrogens with zero attached hydrogens (tertiary/aromatic N) is 1. The molecule has 0 saturated carbocycles. The Labute approximate surface area is 86.8 Å². The first-order chi connectivity index (χ1) is 7.27. The second-order valence-electron chi connectivity index (χ2n) is 3.28. The van der Waals surface area contributed by atoms with Gasteiger partial charge >= 0.3 is 0 Å². The molecule has 1 fully saturated rings. The molecule has 0 radical (unpaired) electrons. The van der Waals surface area contributed by atoms with E-state index < -0.39 is 4.92 Å². The third kappa shape index (κ3) is 2.31. The summed E-state index contributed by atoms with van der Waals surface area (Å²) < 4.78 is 10.7. The number of rotatable bonds is 2. The maximum atomic E-state index is 10.4. The highest BCUT2D eigenvalue weighted by Crippen LogP contribution is 2.24. The third-order valence-electron chi connectivity index (χ3n) is 2.20. The van der Waals surface area contributed by atoms with Crippen LogP contribution in [0.25, 0.3) is 0 Å². The van der Waals surface area contributed by atoms with Crippen LogP contribution in [0.3, 0.4) is 0 Å². The molecule has 1 aliphatic heterocycles. The van der Waals surface area contributed by atoms with Crippen LogP contribution in [0.2, 0.25) is 0 Å². The molecule has 80 valence electrons. The van der Waals surface area contributed by atoms with Crippen LogP contribution in [-0.2, 0) is 9.47 Å². The molecule has 0 unspecified atom stereocenters. The minimum atomic E-state index is -0.424. The van der Waals surface area contributed by atoms with Gasteiger partial charge in [0.15, 0.2) is 6.29 Å². The number of non-ortho nitro benzene ring substituents is 1. The Morgan fingerprint density at radius 3 is 2.33 bits per heavy atom. The lowest BCUT2D eigenvalue weighted by Gasteiger charge is -2.23. The molecule has 2 rings (SSSR count). The van der Waals surface area contributed by atoms with E-state index in [1.54, 1.807) is 12.1 Å². The van der Waals surface area contributed by atoms with Gasteiger partial charge in [0.25, 0.3) is 5.69 Å². The molecule has 1 saturated heterocycles. The van der Waals surface area contributed by atoms with Crippen LogP contribution in [0.5, 0.6) is 0 Å². The minimum absolute atomic E-state index is 0.0783. The average Bonchev–Trinajstić information content (AvgIpc) is 2.30. The van der Waals surface area contributed by atoms with Gasteiger partial charge in [-0.05, 0) is 18.6 Å². The van der Waals surface area contributed by atoms with Crippen LogP contribution in [-0.4, -0.2) is 18.1 Å². The maximum absolute atomic E-state index is 10.4. The Morgan fingerprint density at radius 1 is 1.20 bits per heavy atom. The minimum Gasteiger partial charge on any atom is -0.348 e. The zero-order valence-corrected chi connectivity index (χ0v) is 8.09. The van der Waals surface area contributed by atoms with E-state index >= 15 is 0 Å². The van der Waals surface area contributed by atoms with Crippen LogP contribution in [0.1, 0.15) is 18.3 Å². The molecule has 5 nitrogen and oxygen atoms in total. The van der Waals surface area contributed by atoms with E-state index in [4.69, 9.17) is 9.47 Å². The highest BCUT2D eigenvalue weighted by Gasteiger charge is 2.17. The van der Waals surface area contributed by atoms with Gasteiger partial charge in [-0.25, -0.2) is 0 Å². The second kappa shape index (κ2) is 4.37. The Morgan fingerprint density at radius 2 is 1.80 bits per heavy atom. The average molecular weight is 209 g/mol. The molecule has 0 aromatic heterocycles. The SMILES string of the molecule is O=[N+]([O-])c1ccc(C2OCCCO2)cc1. The monoisotopic (exact) mass is 209 g/mol. The predicted molar refractivity (Wildman–Crippen MR) is 52.4 cm³/mol. The molecule has 1 aliphatic rings. The fraction of sp³-hybridized carbons (Fsp3) is 0.400. The largest absolute Gasteiger partial charge is 0.348 e. The van der Waals surface area contributed by atoms with E-state index in [-0.39, 0.29) is 12.0 Å². The molecule has 0 bridgehead atoms. The molecule has 1 aromatic rings. The summed E-state index contributed by atoms with van der Waals surface area (Å²) in [7, 11) is 0. The van der Waals surface area contributed by atoms with Crippen molar-refractivity contribution in [3.63, 3.8) is 0 Å². The van der Waals surface area contributed by atoms with Crippen molar-refractivity contribution in [3.8, 4) is 0 Å². The summed E-state index contributed by atoms with van der Waals surface area (Å²) in [6.45, 7) is 1.34. The first kappa shape index (κ1) is 10.1. The maximum Gasteiger partial charge on any atom is 0.269 e. The molecule has 1 aromatic carbocycles. The van der Waals surface area contributed by atoms with Crippen molar-refractivity contribution in [2.75, 3.05) is 13.2 Å². The molecular formula is C10H11NO4. The first-order valence-electron chi connectivity index (χ1n) is 4.75. The standard InChI is InChI=1S/C10H11NO4/c12-11(13)9-4-2-8(3-5-9)10-14-6-1-7-15-10/h2-5,10H,1,6-7H2. The van der Waals surface area contributed by atoms with Crippen molar-refractivity contribution < 1.29 is 14.4 Å². The fourth-order valence-electron chi connectivity index (χ4n) is 1.43. The quantitative estimate of drug-likeness (QED) is 0.552. The van der Waals surface area contributed by atoms with Gasteiger partial charge in [0, 0.05) is 17.7 Å². The lowest BCUT2D eigenvalue weighted by molar-refractivity contribution is -0.384. The van der Waals surface area contributed by atoms with Gasteiger partial charge < -0.3 is 9.47 Å². The van der Waals surface area contributed by atoms with Gasteiger partial charge in [0.2, 0.25) is 0 Å². The zero-order chi connectivity index (χ0) is 10.7. The highest BCUT2D eigenvalue weighted by atomic mass is 16.7. The van der Waals surface area contributed by atoms with Crippen LogP contribution in [0.4, 0.5) is 5.69 Å². The summed E-state index contributed by atoms with van der Waals surface area (Å²) in [5, 5.41) is 10.4. The Kier molecular flexibility index (Phi) is 2.94. The predicted octanol–water partition coefficient (Wildman–Crippen LogP) is 2.03. The summed E-state index contributed by atoms with van der Waals surface area (Å²) >= 11 is 0. The fourth-order valence-corrected chi connectivity index (χ4v) is 1.43. The van der Waals surface area contributed by atoms with Gasteiger partial charge in [-0.15, -0.1) is 0 Å². The molecule has 15 heavy (non-hydrogen) atoms. The number of hydrogen-bond acceptors (Lipinski definition) is 4. The number of hydrogen-bond donors (Lipinski definition) is 0. The summed E-state index contributed by atoms with van der Waals surface area (Å²) in [6.07, 6.45) is 0.517. The van der Waals surface area contributed by atoms with Crippen LogP contribution in [0.15, 0.2) is 24.3 Å². The Hall–Kier alpha value is -1.46. The van der Waals surface area contributed by atoms with Crippen molar-refractivity contribution >= 4 is 5.69 Å². The lowest BCUT2D eigenvalue weighted by Crippen LogP contribution is -2.17. The van der Waals surface area contributed by atoms with Crippen molar-refractivity contribution in [2.24, 2.45) is 0 Å². The van der Waals surface area contributed by atoms with E-state index in [0.717, 1.165) is 12.0 Å². The van der Waals surface area contributed by atoms with E-state index in [1.807, 2.05) is 0 Å². The van der Waals surface area contributed by atoms with E-state index in [2.05, 4.69) is 0 Å². The lowest BCUT2D eigenvalue weighted by atomic mass is 10.2. The van der Waals surface area contributed by atoms with Gasteiger partial charge in [-0.1, -0.05) is 0 Å². The van der Waals surface area contributed by atoms with Crippen molar-refractivity contribution in [1.29, 1.82) is 0 Å². The summed E-state index contributed by atoms with van der Waals surface area (Å²) in [4.78, 5) is 10.0. The topological polar surface area (TPSA) is 61.6 Å². The van der Waals surface area contributed by atoms with Gasteiger partial charge in [-0.2, -0.15) is 0 Å². The summed E-state index contributed by atoms with van der Waals surface area (Å²) in [5.41, 5.74) is 0.898. The summed E-state index contributed by atoms with van der Waals surface area (Å²) in [5.74, 6) is 0. The molecule has 0 aliphatic carbocycles. The Bertz CT molecular complexity index is 343. The van der Waals surface area contributed by atoms with Crippen molar-refractivity contribution in [2.45, 2.75) is 12.7 Å². The molecule has 1 heterocycles. The number of nitro groups is 1. The van der Waals surface area contributed by atoms with Crippen LogP contribution >= 0.6 is 0 Å². The van der Waals surface area contributed by atoms with E-state index in [1.165, 1.54) is 12.1 Å². The van der Waals surface area contributed by atoms with Gasteiger partial charge in [-0.3, -0.25) is 10.1 Å². The van der Waals surface area contributed by atoms with Crippen LogP contribution < -0.4 is 0 Å². The second-order valence-corrected chi connectivity index (χ2v) is 3.28. The van der Waals surface area contributed by atoms with Crippen LogP contribution in [0, 0.1) is 10.1 Å². The summed E-state index contributed by atoms with van der Waals surface area (Å²) in [6, 6.07) is 6.23. The van der Waals surface area contributed by atoms with E-state index in [9.17, 15) is 10.1 Å². The Balaban J connectivity index is 2.11. The molecule has 0 atom stereocenters. The zero-order valence-electron chi connectivity index (χ0n) is 8.09. The molecular weight excluding hydrogens is 198 g/mol. The molecule has 0 amide bonds. The van der Waals surface area contributed by atoms with Gasteiger partial charge in [0.1, 0.15) is 0 Å². The van der Waals surface area contributed by atoms with Crippen molar-refractivity contribution in [3.05, 3.63) is 39.9 Å². The number of nitro benzene ring substituents is 1.